The third kappa shape index (κ3) is 3.45. The molecule has 3 rings (SSSR count). The van der Waals surface area contributed by atoms with Crippen molar-refractivity contribution in [2.45, 2.75) is 37.2 Å². The summed E-state index contributed by atoms with van der Waals surface area (Å²) in [5.74, 6) is 0. The van der Waals surface area contributed by atoms with Gasteiger partial charge in [-0.05, 0) is 49.3 Å². The average Bonchev–Trinajstić information content (AvgIpc) is 2.91. The SMILES string of the molecule is COC[C@H]1CC2(CCN(S(=O)(=O)c3cccc(C)c3)CC2)CO1. The molecule has 0 bridgehead atoms. The maximum absolute atomic E-state index is 12.8. The van der Waals surface area contributed by atoms with Gasteiger partial charge < -0.3 is 9.47 Å². The van der Waals surface area contributed by atoms with Gasteiger partial charge in [0, 0.05) is 20.2 Å². The van der Waals surface area contributed by atoms with Crippen LogP contribution in [0.3, 0.4) is 0 Å². The molecule has 2 aliphatic heterocycles. The van der Waals surface area contributed by atoms with Gasteiger partial charge in [0.1, 0.15) is 0 Å². The Bertz CT molecular complexity index is 650. The molecule has 0 radical (unpaired) electrons. The number of nitrogens with zero attached hydrogens (tertiary/aromatic N) is 1. The Hall–Kier alpha value is -0.950. The Labute approximate surface area is 138 Å². The van der Waals surface area contributed by atoms with E-state index in [4.69, 9.17) is 9.47 Å². The summed E-state index contributed by atoms with van der Waals surface area (Å²) in [6.07, 6.45) is 2.84. The zero-order valence-corrected chi connectivity index (χ0v) is 14.6. The molecule has 0 saturated carbocycles. The lowest BCUT2D eigenvalue weighted by atomic mass is 9.77. The second-order valence-electron chi connectivity index (χ2n) is 6.81. The van der Waals surface area contributed by atoms with Crippen molar-refractivity contribution < 1.29 is 17.9 Å². The van der Waals surface area contributed by atoms with Crippen LogP contribution in [0.15, 0.2) is 29.2 Å². The topological polar surface area (TPSA) is 55.8 Å². The number of piperidine rings is 1. The predicted molar refractivity (Wildman–Crippen MR) is 87.8 cm³/mol. The number of benzene rings is 1. The molecule has 0 aromatic heterocycles. The highest BCUT2D eigenvalue weighted by atomic mass is 32.2. The van der Waals surface area contributed by atoms with Crippen molar-refractivity contribution in [3.05, 3.63) is 29.8 Å². The normalized spacial score (nSPS) is 25.0. The number of methoxy groups -OCH3 is 1. The maximum atomic E-state index is 12.8. The van der Waals surface area contributed by atoms with Gasteiger partial charge in [-0.1, -0.05) is 12.1 Å². The first-order valence-corrected chi connectivity index (χ1v) is 9.57. The summed E-state index contributed by atoms with van der Waals surface area (Å²) in [5.41, 5.74) is 1.09. The lowest BCUT2D eigenvalue weighted by Crippen LogP contribution is -2.43. The van der Waals surface area contributed by atoms with Gasteiger partial charge in [-0.3, -0.25) is 0 Å². The summed E-state index contributed by atoms with van der Waals surface area (Å²) in [6.45, 7) is 4.39. The molecule has 2 fully saturated rings. The van der Waals surface area contributed by atoms with Crippen molar-refractivity contribution in [2.24, 2.45) is 5.41 Å². The zero-order valence-electron chi connectivity index (χ0n) is 13.8. The number of ether oxygens (including phenoxy) is 2. The van der Waals surface area contributed by atoms with Gasteiger partial charge in [0.05, 0.1) is 24.2 Å². The van der Waals surface area contributed by atoms with E-state index in [0.29, 0.717) is 24.6 Å². The summed E-state index contributed by atoms with van der Waals surface area (Å²) >= 11 is 0. The number of aryl methyl sites for hydroxylation is 1. The van der Waals surface area contributed by atoms with Gasteiger partial charge in [-0.25, -0.2) is 8.42 Å². The molecule has 2 aliphatic rings. The van der Waals surface area contributed by atoms with Gasteiger partial charge in [-0.2, -0.15) is 4.31 Å². The number of hydrogen-bond acceptors (Lipinski definition) is 4. The standard InChI is InChI=1S/C17H25NO4S/c1-14-4-3-5-16(10-14)23(19,20)18-8-6-17(7-9-18)11-15(12-21-2)22-13-17/h3-5,10,15H,6-9,11-13H2,1-2H3/t15-/m1/s1. The van der Waals surface area contributed by atoms with E-state index in [2.05, 4.69) is 0 Å². The van der Waals surface area contributed by atoms with E-state index in [1.807, 2.05) is 13.0 Å². The Morgan fingerprint density at radius 1 is 1.35 bits per heavy atom. The molecular weight excluding hydrogens is 314 g/mol. The monoisotopic (exact) mass is 339 g/mol. The van der Waals surface area contributed by atoms with Gasteiger partial charge in [0.15, 0.2) is 0 Å². The highest BCUT2D eigenvalue weighted by Gasteiger charge is 2.44. The fraction of sp³-hybridized carbons (Fsp3) is 0.647. The van der Waals surface area contributed by atoms with Gasteiger partial charge >= 0.3 is 0 Å². The fourth-order valence-corrected chi connectivity index (χ4v) is 5.21. The molecule has 6 heteroatoms. The molecule has 128 valence electrons. The van der Waals surface area contributed by atoms with Crippen LogP contribution in [0.5, 0.6) is 0 Å². The highest BCUT2D eigenvalue weighted by molar-refractivity contribution is 7.89. The van der Waals surface area contributed by atoms with Crippen molar-refractivity contribution in [2.75, 3.05) is 33.4 Å². The molecule has 0 aliphatic carbocycles. The van der Waals surface area contributed by atoms with Crippen LogP contribution in [-0.2, 0) is 19.5 Å². The molecule has 0 N–H and O–H groups in total. The van der Waals surface area contributed by atoms with Crippen LogP contribution in [0, 0.1) is 12.3 Å². The molecular formula is C17H25NO4S. The van der Waals surface area contributed by atoms with E-state index in [9.17, 15) is 8.42 Å². The summed E-state index contributed by atoms with van der Waals surface area (Å²) in [5, 5.41) is 0. The van der Waals surface area contributed by atoms with Crippen molar-refractivity contribution in [3.8, 4) is 0 Å². The van der Waals surface area contributed by atoms with E-state index in [-0.39, 0.29) is 11.5 Å². The van der Waals surface area contributed by atoms with Crippen LogP contribution < -0.4 is 0 Å². The quantitative estimate of drug-likeness (QED) is 0.844. The zero-order chi connectivity index (χ0) is 16.5. The lowest BCUT2D eigenvalue weighted by molar-refractivity contribution is 0.0312. The van der Waals surface area contributed by atoms with Crippen LogP contribution >= 0.6 is 0 Å². The van der Waals surface area contributed by atoms with Gasteiger partial charge in [-0.15, -0.1) is 0 Å². The molecule has 23 heavy (non-hydrogen) atoms. The molecule has 0 amide bonds. The summed E-state index contributed by atoms with van der Waals surface area (Å²) in [7, 11) is -1.70. The second-order valence-corrected chi connectivity index (χ2v) is 8.75. The van der Waals surface area contributed by atoms with Crippen molar-refractivity contribution in [3.63, 3.8) is 0 Å². The fourth-order valence-electron chi connectivity index (χ4n) is 3.66. The minimum absolute atomic E-state index is 0.127. The third-order valence-electron chi connectivity index (χ3n) is 5.05. The Kier molecular flexibility index (Phi) is 4.78. The Morgan fingerprint density at radius 2 is 2.09 bits per heavy atom. The van der Waals surface area contributed by atoms with Crippen LogP contribution in [-0.4, -0.2) is 52.2 Å². The molecule has 0 unspecified atom stereocenters. The van der Waals surface area contributed by atoms with Crippen LogP contribution in [0.25, 0.3) is 0 Å². The largest absolute Gasteiger partial charge is 0.382 e. The average molecular weight is 339 g/mol. The number of rotatable bonds is 4. The van der Waals surface area contributed by atoms with E-state index < -0.39 is 10.0 Å². The molecule has 2 heterocycles. The van der Waals surface area contributed by atoms with Gasteiger partial charge in [0.2, 0.25) is 10.0 Å². The molecule has 1 aromatic rings. The van der Waals surface area contributed by atoms with Crippen molar-refractivity contribution in [1.82, 2.24) is 4.31 Å². The molecule has 1 atom stereocenters. The first-order valence-electron chi connectivity index (χ1n) is 8.13. The van der Waals surface area contributed by atoms with Gasteiger partial charge in [0.25, 0.3) is 0 Å². The van der Waals surface area contributed by atoms with E-state index in [0.717, 1.165) is 31.4 Å². The lowest BCUT2D eigenvalue weighted by Gasteiger charge is -2.37. The van der Waals surface area contributed by atoms with E-state index >= 15 is 0 Å². The Morgan fingerprint density at radius 3 is 2.74 bits per heavy atom. The summed E-state index contributed by atoms with van der Waals surface area (Å²) < 4.78 is 38.2. The van der Waals surface area contributed by atoms with Crippen LogP contribution in [0.1, 0.15) is 24.8 Å². The third-order valence-corrected chi connectivity index (χ3v) is 6.94. The molecule has 5 nitrogen and oxygen atoms in total. The maximum Gasteiger partial charge on any atom is 0.243 e. The first-order chi connectivity index (χ1) is 11.0. The summed E-state index contributed by atoms with van der Waals surface area (Å²) in [6, 6.07) is 7.14. The summed E-state index contributed by atoms with van der Waals surface area (Å²) in [4.78, 5) is 0.397. The van der Waals surface area contributed by atoms with E-state index in [1.54, 1.807) is 29.6 Å². The smallest absolute Gasteiger partial charge is 0.243 e. The van der Waals surface area contributed by atoms with Crippen LogP contribution in [0.2, 0.25) is 0 Å². The number of sulfonamides is 1. The minimum atomic E-state index is -3.39. The number of hydrogen-bond donors (Lipinski definition) is 0. The predicted octanol–water partition coefficient (Wildman–Crippen LogP) is 2.20. The van der Waals surface area contributed by atoms with Crippen LogP contribution in [0.4, 0.5) is 0 Å². The van der Waals surface area contributed by atoms with E-state index in [1.165, 1.54) is 0 Å². The second kappa shape index (κ2) is 6.51. The Balaban J connectivity index is 1.67. The van der Waals surface area contributed by atoms with Crippen molar-refractivity contribution >= 4 is 10.0 Å². The molecule has 2 saturated heterocycles. The first kappa shape index (κ1) is 16.9. The molecule has 1 aromatic carbocycles. The molecule has 1 spiro atoms. The highest BCUT2D eigenvalue weighted by Crippen LogP contribution is 2.42. The minimum Gasteiger partial charge on any atom is -0.382 e. The van der Waals surface area contributed by atoms with Crippen molar-refractivity contribution in [1.29, 1.82) is 0 Å².